The summed E-state index contributed by atoms with van der Waals surface area (Å²) in [6, 6.07) is 6.83. The fraction of sp³-hybridized carbons (Fsp3) is 0.500. The molecule has 0 saturated heterocycles. The maximum atomic E-state index is 6.03. The minimum Gasteiger partial charge on any atom is -0.483 e. The summed E-state index contributed by atoms with van der Waals surface area (Å²) < 4.78 is 12.0. The Kier molecular flexibility index (Phi) is 2.82. The van der Waals surface area contributed by atoms with Crippen LogP contribution in [0.1, 0.15) is 39.0 Å². The van der Waals surface area contributed by atoms with E-state index in [0.29, 0.717) is 6.04 Å². The highest BCUT2D eigenvalue weighted by Crippen LogP contribution is 2.41. The molecule has 3 heteroatoms. The van der Waals surface area contributed by atoms with Crippen LogP contribution in [0.15, 0.2) is 22.6 Å². The number of hydrogen-bond acceptors (Lipinski definition) is 3. The van der Waals surface area contributed by atoms with Gasteiger partial charge in [-0.25, -0.2) is 0 Å². The molecule has 1 aromatic heterocycles. The van der Waals surface area contributed by atoms with E-state index in [4.69, 9.17) is 9.15 Å². The van der Waals surface area contributed by atoms with Gasteiger partial charge in [0.1, 0.15) is 11.4 Å². The summed E-state index contributed by atoms with van der Waals surface area (Å²) in [6.07, 6.45) is 0.943. The second-order valence-corrected chi connectivity index (χ2v) is 6.26. The number of fused-ring (bicyclic) bond motifs is 3. The average Bonchev–Trinajstić information content (AvgIpc) is 2.84. The number of nitrogens with one attached hydrogen (secondary N) is 1. The summed E-state index contributed by atoms with van der Waals surface area (Å²) in [6.45, 7) is 9.24. The Morgan fingerprint density at radius 2 is 2.11 bits per heavy atom. The summed E-state index contributed by atoms with van der Waals surface area (Å²) >= 11 is 0. The Morgan fingerprint density at radius 1 is 1.32 bits per heavy atom. The molecule has 3 rings (SSSR count). The van der Waals surface area contributed by atoms with Crippen molar-refractivity contribution in [2.75, 3.05) is 0 Å². The fourth-order valence-electron chi connectivity index (χ4n) is 2.59. The van der Waals surface area contributed by atoms with Crippen LogP contribution < -0.4 is 10.1 Å². The molecule has 0 amide bonds. The predicted octanol–water partition coefficient (Wildman–Crippen LogP) is 3.64. The maximum absolute atomic E-state index is 6.03. The van der Waals surface area contributed by atoms with E-state index in [1.54, 1.807) is 0 Å². The number of rotatable bonds is 3. The second-order valence-electron chi connectivity index (χ2n) is 6.26. The van der Waals surface area contributed by atoms with Gasteiger partial charge < -0.3 is 14.5 Å². The van der Waals surface area contributed by atoms with Crippen molar-refractivity contribution in [1.29, 1.82) is 0 Å². The molecule has 1 aliphatic heterocycles. The van der Waals surface area contributed by atoms with Crippen LogP contribution in [0.2, 0.25) is 0 Å². The topological polar surface area (TPSA) is 34.4 Å². The van der Waals surface area contributed by atoms with Crippen molar-refractivity contribution in [3.05, 3.63) is 29.5 Å². The van der Waals surface area contributed by atoms with Crippen molar-refractivity contribution in [2.24, 2.45) is 0 Å². The highest BCUT2D eigenvalue weighted by atomic mass is 16.5. The first kappa shape index (κ1) is 12.5. The van der Waals surface area contributed by atoms with Gasteiger partial charge >= 0.3 is 0 Å². The summed E-state index contributed by atoms with van der Waals surface area (Å²) in [4.78, 5) is 0. The Labute approximate surface area is 113 Å². The van der Waals surface area contributed by atoms with E-state index in [-0.39, 0.29) is 5.60 Å². The Balaban J connectivity index is 1.97. The van der Waals surface area contributed by atoms with Crippen LogP contribution in [0.4, 0.5) is 0 Å². The lowest BCUT2D eigenvalue weighted by molar-refractivity contribution is 0.138. The number of hydrogen-bond donors (Lipinski definition) is 1. The highest BCUT2D eigenvalue weighted by molar-refractivity contribution is 5.85. The van der Waals surface area contributed by atoms with Crippen molar-refractivity contribution in [2.45, 2.75) is 52.3 Å². The van der Waals surface area contributed by atoms with Crippen LogP contribution in [-0.2, 0) is 13.0 Å². The summed E-state index contributed by atoms with van der Waals surface area (Å²) in [5.41, 5.74) is 2.01. The van der Waals surface area contributed by atoms with Gasteiger partial charge in [0, 0.05) is 23.4 Å². The predicted molar refractivity (Wildman–Crippen MR) is 76.6 cm³/mol. The quantitative estimate of drug-likeness (QED) is 0.913. The van der Waals surface area contributed by atoms with E-state index < -0.39 is 0 Å². The van der Waals surface area contributed by atoms with E-state index in [1.807, 2.05) is 0 Å². The third-order valence-electron chi connectivity index (χ3n) is 3.45. The van der Waals surface area contributed by atoms with Crippen LogP contribution in [0, 0.1) is 0 Å². The third-order valence-corrected chi connectivity index (χ3v) is 3.45. The standard InChI is InChI=1S/C16H21NO2/c1-10(2)17-9-13-7-11-5-6-12-8-16(3,4)19-15(12)14(11)18-13/h5-7,10,17H,8-9H2,1-4H3. The van der Waals surface area contributed by atoms with Gasteiger partial charge in [-0.1, -0.05) is 26.0 Å². The minimum atomic E-state index is -0.125. The van der Waals surface area contributed by atoms with Crippen LogP contribution in [0.5, 0.6) is 5.75 Å². The van der Waals surface area contributed by atoms with Gasteiger partial charge in [0.25, 0.3) is 0 Å². The Bertz CT molecular complexity index is 610. The van der Waals surface area contributed by atoms with E-state index in [1.165, 1.54) is 5.56 Å². The zero-order valence-electron chi connectivity index (χ0n) is 12.0. The molecule has 0 aliphatic carbocycles. The van der Waals surface area contributed by atoms with Gasteiger partial charge in [0.2, 0.25) is 0 Å². The molecule has 0 bridgehead atoms. The normalized spacial score (nSPS) is 16.9. The molecular weight excluding hydrogens is 238 g/mol. The molecule has 0 spiro atoms. The first-order chi connectivity index (χ1) is 8.94. The molecule has 1 aliphatic rings. The molecule has 2 heterocycles. The van der Waals surface area contributed by atoms with Crippen LogP contribution in [0.3, 0.4) is 0 Å². The third kappa shape index (κ3) is 2.35. The van der Waals surface area contributed by atoms with Crippen molar-refractivity contribution >= 4 is 11.0 Å². The number of ether oxygens (including phenoxy) is 1. The van der Waals surface area contributed by atoms with Crippen molar-refractivity contribution in [3.8, 4) is 5.75 Å². The molecule has 1 aromatic carbocycles. The molecule has 1 N–H and O–H groups in total. The largest absolute Gasteiger partial charge is 0.483 e. The second kappa shape index (κ2) is 4.27. The zero-order valence-corrected chi connectivity index (χ0v) is 12.0. The number of furan rings is 1. The molecule has 0 saturated carbocycles. The Morgan fingerprint density at radius 3 is 2.84 bits per heavy atom. The maximum Gasteiger partial charge on any atom is 0.176 e. The Hall–Kier alpha value is -1.48. The molecule has 0 unspecified atom stereocenters. The van der Waals surface area contributed by atoms with Crippen molar-refractivity contribution in [3.63, 3.8) is 0 Å². The van der Waals surface area contributed by atoms with Gasteiger partial charge in [-0.2, -0.15) is 0 Å². The van der Waals surface area contributed by atoms with E-state index in [0.717, 1.165) is 35.4 Å². The summed E-state index contributed by atoms with van der Waals surface area (Å²) in [5, 5.41) is 4.49. The van der Waals surface area contributed by atoms with Crippen molar-refractivity contribution in [1.82, 2.24) is 5.32 Å². The SMILES string of the molecule is CC(C)NCc1cc2ccc3c(c2o1)OC(C)(C)C3. The lowest BCUT2D eigenvalue weighted by Gasteiger charge is -2.16. The zero-order chi connectivity index (χ0) is 13.6. The van der Waals surface area contributed by atoms with E-state index in [9.17, 15) is 0 Å². The average molecular weight is 259 g/mol. The van der Waals surface area contributed by atoms with Gasteiger partial charge in [0.15, 0.2) is 11.3 Å². The van der Waals surface area contributed by atoms with Gasteiger partial charge in [0.05, 0.1) is 6.54 Å². The van der Waals surface area contributed by atoms with E-state index in [2.05, 4.69) is 51.2 Å². The molecule has 0 atom stereocenters. The molecule has 3 nitrogen and oxygen atoms in total. The summed E-state index contributed by atoms with van der Waals surface area (Å²) in [7, 11) is 0. The van der Waals surface area contributed by atoms with Gasteiger partial charge in [-0.15, -0.1) is 0 Å². The first-order valence-corrected chi connectivity index (χ1v) is 6.91. The molecular formula is C16H21NO2. The number of benzene rings is 1. The van der Waals surface area contributed by atoms with Gasteiger partial charge in [-0.3, -0.25) is 0 Å². The first-order valence-electron chi connectivity index (χ1n) is 6.91. The van der Waals surface area contributed by atoms with E-state index >= 15 is 0 Å². The lowest BCUT2D eigenvalue weighted by Crippen LogP contribution is -2.24. The molecule has 0 fully saturated rings. The molecule has 0 radical (unpaired) electrons. The fourth-order valence-corrected chi connectivity index (χ4v) is 2.59. The van der Waals surface area contributed by atoms with Crippen molar-refractivity contribution < 1.29 is 9.15 Å². The van der Waals surface area contributed by atoms with Crippen LogP contribution in [0.25, 0.3) is 11.0 Å². The smallest absolute Gasteiger partial charge is 0.176 e. The summed E-state index contributed by atoms with van der Waals surface area (Å²) in [5.74, 6) is 1.89. The molecule has 2 aromatic rings. The monoisotopic (exact) mass is 259 g/mol. The van der Waals surface area contributed by atoms with Crippen LogP contribution in [-0.4, -0.2) is 11.6 Å². The highest BCUT2D eigenvalue weighted by Gasteiger charge is 2.32. The lowest BCUT2D eigenvalue weighted by atomic mass is 10.0. The molecule has 102 valence electrons. The van der Waals surface area contributed by atoms with Gasteiger partial charge in [-0.05, 0) is 19.9 Å². The minimum absolute atomic E-state index is 0.125. The van der Waals surface area contributed by atoms with Crippen LogP contribution >= 0.6 is 0 Å². The molecule has 19 heavy (non-hydrogen) atoms.